The van der Waals surface area contributed by atoms with E-state index < -0.39 is 0 Å². The fourth-order valence-corrected chi connectivity index (χ4v) is 2.91. The summed E-state index contributed by atoms with van der Waals surface area (Å²) < 4.78 is 7.87. The van der Waals surface area contributed by atoms with E-state index in [-0.39, 0.29) is 5.38 Å². The molecular formula is C14H18ClN3O. The Bertz CT molecular complexity index is 581. The largest absolute Gasteiger partial charge is 0.378 e. The number of fused-ring (bicyclic) bond motifs is 1. The third-order valence-electron chi connectivity index (χ3n) is 3.89. The van der Waals surface area contributed by atoms with Crippen molar-refractivity contribution in [2.45, 2.75) is 38.3 Å². The highest BCUT2D eigenvalue weighted by molar-refractivity contribution is 6.20. The lowest BCUT2D eigenvalue weighted by Crippen LogP contribution is -2.19. The number of nitrogens with zero attached hydrogens (tertiary/aromatic N) is 3. The summed E-state index contributed by atoms with van der Waals surface area (Å²) in [5, 5.41) is -0.106. The molecule has 0 aromatic carbocycles. The minimum Gasteiger partial charge on any atom is -0.378 e. The van der Waals surface area contributed by atoms with E-state index in [0.717, 1.165) is 36.4 Å². The van der Waals surface area contributed by atoms with Gasteiger partial charge in [-0.3, -0.25) is 4.98 Å². The second-order valence-electron chi connectivity index (χ2n) is 5.19. The van der Waals surface area contributed by atoms with Crippen LogP contribution in [0.1, 0.15) is 31.5 Å². The van der Waals surface area contributed by atoms with E-state index >= 15 is 0 Å². The molecule has 0 aliphatic carbocycles. The smallest absolute Gasteiger partial charge is 0.127 e. The highest BCUT2D eigenvalue weighted by atomic mass is 35.5. The van der Waals surface area contributed by atoms with Crippen LogP contribution < -0.4 is 0 Å². The molecular weight excluding hydrogens is 262 g/mol. The van der Waals surface area contributed by atoms with Crippen LogP contribution in [0.4, 0.5) is 0 Å². The second-order valence-corrected chi connectivity index (χ2v) is 5.84. The summed E-state index contributed by atoms with van der Waals surface area (Å²) >= 11 is 6.27. The maximum atomic E-state index is 6.27. The van der Waals surface area contributed by atoms with Gasteiger partial charge in [-0.2, -0.15) is 0 Å². The standard InChI is InChI=1S/C14H18ClN3O/c1-9(15)14-17-12-7-16-5-3-13(12)18(14)8-11-4-6-19-10(11)2/h3,5,7,9-11H,4,6,8H2,1-2H3. The molecule has 3 rings (SSSR count). The Labute approximate surface area is 117 Å². The van der Waals surface area contributed by atoms with Crippen molar-refractivity contribution in [1.82, 2.24) is 14.5 Å². The first-order chi connectivity index (χ1) is 9.16. The van der Waals surface area contributed by atoms with Crippen molar-refractivity contribution in [2.75, 3.05) is 6.61 Å². The van der Waals surface area contributed by atoms with Gasteiger partial charge in [0, 0.05) is 25.3 Å². The van der Waals surface area contributed by atoms with E-state index in [4.69, 9.17) is 16.3 Å². The van der Waals surface area contributed by atoms with Crippen LogP contribution in [-0.2, 0) is 11.3 Å². The fourth-order valence-electron chi connectivity index (χ4n) is 2.75. The number of hydrogen-bond acceptors (Lipinski definition) is 3. The molecule has 0 radical (unpaired) electrons. The third kappa shape index (κ3) is 2.35. The van der Waals surface area contributed by atoms with Crippen molar-refractivity contribution in [3.8, 4) is 0 Å². The van der Waals surface area contributed by atoms with Gasteiger partial charge in [-0.05, 0) is 26.3 Å². The Hall–Kier alpha value is -1.13. The minimum absolute atomic E-state index is 0.106. The van der Waals surface area contributed by atoms with Crippen molar-refractivity contribution in [3.05, 3.63) is 24.3 Å². The molecule has 2 aromatic heterocycles. The summed E-state index contributed by atoms with van der Waals surface area (Å²) in [7, 11) is 0. The average molecular weight is 280 g/mol. The van der Waals surface area contributed by atoms with Crippen molar-refractivity contribution in [3.63, 3.8) is 0 Å². The Morgan fingerprint density at radius 2 is 2.42 bits per heavy atom. The number of halogens is 1. The van der Waals surface area contributed by atoms with Gasteiger partial charge in [0.05, 0.1) is 23.2 Å². The Morgan fingerprint density at radius 1 is 1.58 bits per heavy atom. The van der Waals surface area contributed by atoms with Crippen LogP contribution in [0.15, 0.2) is 18.5 Å². The normalized spacial score (nSPS) is 25.0. The number of pyridine rings is 1. The van der Waals surface area contributed by atoms with Crippen molar-refractivity contribution in [2.24, 2.45) is 5.92 Å². The van der Waals surface area contributed by atoms with Crippen LogP contribution in [0.5, 0.6) is 0 Å². The summed E-state index contributed by atoms with van der Waals surface area (Å²) in [4.78, 5) is 8.74. The molecule has 1 saturated heterocycles. The monoisotopic (exact) mass is 279 g/mol. The molecule has 3 heterocycles. The van der Waals surface area contributed by atoms with E-state index in [1.54, 1.807) is 12.4 Å². The zero-order valence-electron chi connectivity index (χ0n) is 11.2. The summed E-state index contributed by atoms with van der Waals surface area (Å²) in [6.45, 7) is 5.86. The van der Waals surface area contributed by atoms with Crippen LogP contribution in [0, 0.1) is 5.92 Å². The molecule has 0 N–H and O–H groups in total. The molecule has 0 saturated carbocycles. The van der Waals surface area contributed by atoms with Crippen molar-refractivity contribution >= 4 is 22.6 Å². The molecule has 3 unspecified atom stereocenters. The minimum atomic E-state index is -0.106. The topological polar surface area (TPSA) is 39.9 Å². The molecule has 3 atom stereocenters. The van der Waals surface area contributed by atoms with Crippen LogP contribution in [0.25, 0.3) is 11.0 Å². The number of aromatic nitrogens is 3. The quantitative estimate of drug-likeness (QED) is 0.810. The lowest BCUT2D eigenvalue weighted by molar-refractivity contribution is 0.102. The Morgan fingerprint density at radius 3 is 3.11 bits per heavy atom. The molecule has 1 fully saturated rings. The lowest BCUT2D eigenvalue weighted by atomic mass is 10.0. The zero-order chi connectivity index (χ0) is 13.4. The predicted octanol–water partition coefficient (Wildman–Crippen LogP) is 3.16. The van der Waals surface area contributed by atoms with Crippen LogP contribution >= 0.6 is 11.6 Å². The van der Waals surface area contributed by atoms with Gasteiger partial charge >= 0.3 is 0 Å². The first-order valence-electron chi connectivity index (χ1n) is 6.72. The summed E-state index contributed by atoms with van der Waals surface area (Å²) in [5.74, 6) is 1.45. The maximum Gasteiger partial charge on any atom is 0.127 e. The highest BCUT2D eigenvalue weighted by Gasteiger charge is 2.26. The fraction of sp³-hybridized carbons (Fsp3) is 0.571. The van der Waals surface area contributed by atoms with Gasteiger partial charge < -0.3 is 9.30 Å². The lowest BCUT2D eigenvalue weighted by Gasteiger charge is -2.18. The van der Waals surface area contributed by atoms with E-state index in [1.165, 1.54) is 0 Å². The van der Waals surface area contributed by atoms with E-state index in [2.05, 4.69) is 21.5 Å². The SMILES string of the molecule is CC(Cl)c1nc2cnccc2n1CC1CCOC1C. The third-order valence-corrected chi connectivity index (χ3v) is 4.08. The van der Waals surface area contributed by atoms with Crippen molar-refractivity contribution in [1.29, 1.82) is 0 Å². The molecule has 1 aliphatic heterocycles. The molecule has 0 spiro atoms. The molecule has 2 aromatic rings. The van der Waals surface area contributed by atoms with E-state index in [1.807, 2.05) is 13.0 Å². The van der Waals surface area contributed by atoms with E-state index in [0.29, 0.717) is 12.0 Å². The number of rotatable bonds is 3. The van der Waals surface area contributed by atoms with Gasteiger partial charge in [-0.15, -0.1) is 11.6 Å². The number of ether oxygens (including phenoxy) is 1. The molecule has 5 heteroatoms. The molecule has 0 bridgehead atoms. The number of alkyl halides is 1. The maximum absolute atomic E-state index is 6.27. The van der Waals surface area contributed by atoms with Gasteiger partial charge in [0.1, 0.15) is 11.3 Å². The molecule has 1 aliphatic rings. The summed E-state index contributed by atoms with van der Waals surface area (Å²) in [6.07, 6.45) is 5.00. The predicted molar refractivity (Wildman–Crippen MR) is 75.3 cm³/mol. The first kappa shape index (κ1) is 12.9. The van der Waals surface area contributed by atoms with Gasteiger partial charge in [-0.25, -0.2) is 4.98 Å². The highest BCUT2D eigenvalue weighted by Crippen LogP contribution is 2.28. The van der Waals surface area contributed by atoms with Crippen LogP contribution in [-0.4, -0.2) is 27.2 Å². The number of hydrogen-bond donors (Lipinski definition) is 0. The first-order valence-corrected chi connectivity index (χ1v) is 7.16. The van der Waals surface area contributed by atoms with Crippen LogP contribution in [0.2, 0.25) is 0 Å². The van der Waals surface area contributed by atoms with Gasteiger partial charge in [-0.1, -0.05) is 0 Å². The molecule has 102 valence electrons. The average Bonchev–Trinajstić information content (AvgIpc) is 2.95. The summed E-state index contributed by atoms with van der Waals surface area (Å²) in [6, 6.07) is 2.01. The Balaban J connectivity index is 2.02. The van der Waals surface area contributed by atoms with Crippen molar-refractivity contribution < 1.29 is 4.74 Å². The van der Waals surface area contributed by atoms with Gasteiger partial charge in [0.25, 0.3) is 0 Å². The Kier molecular flexibility index (Phi) is 3.46. The zero-order valence-corrected chi connectivity index (χ0v) is 12.0. The summed E-state index contributed by atoms with van der Waals surface area (Å²) in [5.41, 5.74) is 2.02. The van der Waals surface area contributed by atoms with Crippen LogP contribution in [0.3, 0.4) is 0 Å². The van der Waals surface area contributed by atoms with E-state index in [9.17, 15) is 0 Å². The molecule has 19 heavy (non-hydrogen) atoms. The molecule has 4 nitrogen and oxygen atoms in total. The van der Waals surface area contributed by atoms with Gasteiger partial charge in [0.2, 0.25) is 0 Å². The van der Waals surface area contributed by atoms with Gasteiger partial charge in [0.15, 0.2) is 0 Å². The second kappa shape index (κ2) is 5.10. The number of imidazole rings is 1. The molecule has 0 amide bonds.